The van der Waals surface area contributed by atoms with E-state index in [0.717, 1.165) is 6.08 Å². The van der Waals surface area contributed by atoms with E-state index in [9.17, 15) is 18.8 Å². The lowest BCUT2D eigenvalue weighted by atomic mass is 10.0. The molecular formula is C20H19ClFNO4. The average Bonchev–Trinajstić information content (AvgIpc) is 2.89. The van der Waals surface area contributed by atoms with Crippen molar-refractivity contribution in [1.29, 1.82) is 0 Å². The zero-order valence-electron chi connectivity index (χ0n) is 15.4. The number of benzene rings is 1. The number of H-pyrrole nitrogens is 1. The minimum Gasteiger partial charge on any atom is -0.451 e. The number of carbonyl (C=O) groups is 3. The highest BCUT2D eigenvalue weighted by atomic mass is 35.5. The summed E-state index contributed by atoms with van der Waals surface area (Å²) in [5.74, 6) is -1.87. The van der Waals surface area contributed by atoms with E-state index in [1.165, 1.54) is 38.1 Å². The number of ketones is 2. The summed E-state index contributed by atoms with van der Waals surface area (Å²) < 4.78 is 18.2. The van der Waals surface area contributed by atoms with Crippen LogP contribution in [0.5, 0.6) is 0 Å². The molecule has 0 fully saturated rings. The van der Waals surface area contributed by atoms with Crippen LogP contribution in [0, 0.1) is 19.7 Å². The fourth-order valence-corrected chi connectivity index (χ4v) is 2.96. The lowest BCUT2D eigenvalue weighted by Gasteiger charge is -2.10. The van der Waals surface area contributed by atoms with E-state index in [0.29, 0.717) is 22.4 Å². The molecule has 0 spiro atoms. The van der Waals surface area contributed by atoms with E-state index in [1.807, 2.05) is 0 Å². The number of esters is 1. The van der Waals surface area contributed by atoms with Crippen LogP contribution in [0.4, 0.5) is 4.39 Å². The van der Waals surface area contributed by atoms with Crippen molar-refractivity contribution in [2.75, 3.05) is 0 Å². The molecule has 1 N–H and O–H groups in total. The standard InChI is InChI=1S/C20H19ClFNO4/c1-10-18(12(3)24)11(2)23-19(10)20(26)13(4)27-17(25)8-6-14-5-7-16(22)15(21)9-14/h5-9,13,23H,1-4H3/b8-6+/t13-/m1/s1. The van der Waals surface area contributed by atoms with Crippen LogP contribution in [0.1, 0.15) is 51.5 Å². The molecule has 1 aromatic heterocycles. The maximum atomic E-state index is 13.1. The van der Waals surface area contributed by atoms with Gasteiger partial charge in [0.2, 0.25) is 5.78 Å². The van der Waals surface area contributed by atoms with Crippen molar-refractivity contribution in [1.82, 2.24) is 4.98 Å². The van der Waals surface area contributed by atoms with Crippen molar-refractivity contribution in [2.24, 2.45) is 0 Å². The molecule has 2 rings (SSSR count). The molecule has 2 aromatic rings. The van der Waals surface area contributed by atoms with Gasteiger partial charge in [-0.15, -0.1) is 0 Å². The maximum absolute atomic E-state index is 13.1. The Morgan fingerprint density at radius 2 is 1.93 bits per heavy atom. The van der Waals surface area contributed by atoms with Crippen LogP contribution in [0.2, 0.25) is 5.02 Å². The topological polar surface area (TPSA) is 76.2 Å². The van der Waals surface area contributed by atoms with E-state index in [4.69, 9.17) is 16.3 Å². The fraction of sp³-hybridized carbons (Fsp3) is 0.250. The molecule has 0 radical (unpaired) electrons. The first-order valence-electron chi connectivity index (χ1n) is 8.19. The van der Waals surface area contributed by atoms with Crippen molar-refractivity contribution in [3.8, 4) is 0 Å². The second-order valence-corrected chi connectivity index (χ2v) is 6.54. The van der Waals surface area contributed by atoms with Crippen molar-refractivity contribution in [3.63, 3.8) is 0 Å². The predicted molar refractivity (Wildman–Crippen MR) is 101 cm³/mol. The van der Waals surface area contributed by atoms with Crippen LogP contribution in [0.15, 0.2) is 24.3 Å². The van der Waals surface area contributed by atoms with Gasteiger partial charge in [-0.25, -0.2) is 9.18 Å². The van der Waals surface area contributed by atoms with Crippen molar-refractivity contribution >= 4 is 35.2 Å². The van der Waals surface area contributed by atoms with Gasteiger partial charge in [-0.2, -0.15) is 0 Å². The Labute approximate surface area is 161 Å². The van der Waals surface area contributed by atoms with Crippen molar-refractivity contribution in [3.05, 3.63) is 63.2 Å². The fourth-order valence-electron chi connectivity index (χ4n) is 2.78. The molecule has 0 saturated carbocycles. The number of hydrogen-bond donors (Lipinski definition) is 1. The number of rotatable bonds is 6. The highest BCUT2D eigenvalue weighted by molar-refractivity contribution is 6.30. The molecule has 5 nitrogen and oxygen atoms in total. The van der Waals surface area contributed by atoms with Gasteiger partial charge in [-0.1, -0.05) is 17.7 Å². The molecule has 0 amide bonds. The highest BCUT2D eigenvalue weighted by Gasteiger charge is 2.25. The van der Waals surface area contributed by atoms with Gasteiger partial charge in [-0.05, 0) is 57.0 Å². The molecule has 27 heavy (non-hydrogen) atoms. The summed E-state index contributed by atoms with van der Waals surface area (Å²) in [7, 11) is 0. The smallest absolute Gasteiger partial charge is 0.331 e. The van der Waals surface area contributed by atoms with Crippen LogP contribution in [0.3, 0.4) is 0 Å². The molecule has 1 atom stereocenters. The number of hydrogen-bond acceptors (Lipinski definition) is 4. The summed E-state index contributed by atoms with van der Waals surface area (Å²) in [5.41, 5.74) is 2.34. The second-order valence-electron chi connectivity index (χ2n) is 6.13. The zero-order valence-corrected chi connectivity index (χ0v) is 16.1. The van der Waals surface area contributed by atoms with Gasteiger partial charge >= 0.3 is 5.97 Å². The van der Waals surface area contributed by atoms with Gasteiger partial charge in [0.25, 0.3) is 0 Å². The number of aryl methyl sites for hydroxylation is 1. The summed E-state index contributed by atoms with van der Waals surface area (Å²) in [6, 6.07) is 4.00. The van der Waals surface area contributed by atoms with E-state index in [-0.39, 0.29) is 16.5 Å². The summed E-state index contributed by atoms with van der Waals surface area (Å²) >= 11 is 5.68. The Bertz CT molecular complexity index is 946. The highest BCUT2D eigenvalue weighted by Crippen LogP contribution is 2.21. The number of Topliss-reactive ketones (excluding diaryl/α,β-unsaturated/α-hetero) is 2. The van der Waals surface area contributed by atoms with Gasteiger partial charge in [0.1, 0.15) is 5.82 Å². The normalized spacial score (nSPS) is 12.2. The third-order valence-electron chi connectivity index (χ3n) is 4.05. The van der Waals surface area contributed by atoms with Crippen LogP contribution in [-0.4, -0.2) is 28.6 Å². The Morgan fingerprint density at radius 1 is 1.26 bits per heavy atom. The molecule has 0 aliphatic heterocycles. The molecule has 0 saturated heterocycles. The monoisotopic (exact) mass is 391 g/mol. The first kappa shape index (κ1) is 20.6. The maximum Gasteiger partial charge on any atom is 0.331 e. The van der Waals surface area contributed by atoms with E-state index in [1.54, 1.807) is 13.8 Å². The molecule has 0 aliphatic rings. The number of aromatic amines is 1. The number of ether oxygens (including phenoxy) is 1. The third kappa shape index (κ3) is 4.71. The van der Waals surface area contributed by atoms with Crippen molar-refractivity contribution < 1.29 is 23.5 Å². The Balaban J connectivity index is 2.09. The summed E-state index contributed by atoms with van der Waals surface area (Å²) in [6.45, 7) is 6.24. The van der Waals surface area contributed by atoms with Gasteiger partial charge < -0.3 is 9.72 Å². The number of carbonyl (C=O) groups excluding carboxylic acids is 3. The Hall–Kier alpha value is -2.73. The van der Waals surface area contributed by atoms with Crippen molar-refractivity contribution in [2.45, 2.75) is 33.8 Å². The lowest BCUT2D eigenvalue weighted by molar-refractivity contribution is -0.140. The first-order valence-corrected chi connectivity index (χ1v) is 8.57. The minimum absolute atomic E-state index is 0.0621. The molecular weight excluding hydrogens is 373 g/mol. The van der Waals surface area contributed by atoms with Crippen LogP contribution in [0.25, 0.3) is 6.08 Å². The summed E-state index contributed by atoms with van der Waals surface area (Å²) in [4.78, 5) is 39.1. The molecule has 1 heterocycles. The van der Waals surface area contributed by atoms with Crippen LogP contribution >= 0.6 is 11.6 Å². The molecule has 1 aromatic carbocycles. The van der Waals surface area contributed by atoms with Gasteiger partial charge in [0.15, 0.2) is 11.9 Å². The molecule has 142 valence electrons. The first-order chi connectivity index (χ1) is 12.6. The van der Waals surface area contributed by atoms with Crippen LogP contribution in [-0.2, 0) is 9.53 Å². The van der Waals surface area contributed by atoms with E-state index < -0.39 is 23.7 Å². The van der Waals surface area contributed by atoms with E-state index in [2.05, 4.69) is 4.98 Å². The van der Waals surface area contributed by atoms with Gasteiger partial charge in [-0.3, -0.25) is 9.59 Å². The Kier molecular flexibility index (Phi) is 6.33. The SMILES string of the molecule is CC(=O)c1c(C)[nH]c(C(=O)[C@@H](C)OC(=O)/C=C/c2ccc(F)c(Cl)c2)c1C. The number of halogens is 2. The predicted octanol–water partition coefficient (Wildman–Crippen LogP) is 4.45. The summed E-state index contributed by atoms with van der Waals surface area (Å²) in [6.07, 6.45) is 1.49. The molecule has 7 heteroatoms. The lowest BCUT2D eigenvalue weighted by Crippen LogP contribution is -2.24. The number of nitrogens with one attached hydrogen (secondary N) is 1. The molecule has 0 unspecified atom stereocenters. The Morgan fingerprint density at radius 3 is 2.48 bits per heavy atom. The van der Waals surface area contributed by atoms with E-state index >= 15 is 0 Å². The van der Waals surface area contributed by atoms with Crippen LogP contribution < -0.4 is 0 Å². The molecule has 0 bridgehead atoms. The van der Waals surface area contributed by atoms with Gasteiger partial charge in [0.05, 0.1) is 10.7 Å². The zero-order chi connectivity index (χ0) is 20.3. The average molecular weight is 392 g/mol. The quantitative estimate of drug-likeness (QED) is 0.448. The third-order valence-corrected chi connectivity index (χ3v) is 4.34. The number of aromatic nitrogens is 1. The minimum atomic E-state index is -1.05. The van der Waals surface area contributed by atoms with Gasteiger partial charge in [0, 0.05) is 17.3 Å². The largest absolute Gasteiger partial charge is 0.451 e. The molecule has 0 aliphatic carbocycles. The summed E-state index contributed by atoms with van der Waals surface area (Å²) in [5, 5.41) is -0.0621. The second kappa shape index (κ2) is 8.31.